The summed E-state index contributed by atoms with van der Waals surface area (Å²) in [7, 11) is 0. The van der Waals surface area contributed by atoms with Crippen molar-refractivity contribution in [3.05, 3.63) is 77.5 Å². The van der Waals surface area contributed by atoms with Gasteiger partial charge in [-0.05, 0) is 49.2 Å². The minimum Gasteiger partial charge on any atom is -0.453 e. The lowest BCUT2D eigenvalue weighted by molar-refractivity contribution is -0.137. The fourth-order valence-corrected chi connectivity index (χ4v) is 3.14. The Morgan fingerprint density at radius 1 is 0.893 bits per heavy atom. The Balaban J connectivity index is 1.72. The molecule has 3 nitrogen and oxygen atoms in total. The molecule has 0 saturated heterocycles. The summed E-state index contributed by atoms with van der Waals surface area (Å²) < 4.78 is 45.0. The van der Waals surface area contributed by atoms with E-state index in [4.69, 9.17) is 4.42 Å². The molecular weight excluding hydrogens is 365 g/mol. The van der Waals surface area contributed by atoms with Crippen LogP contribution in [0.4, 0.5) is 13.2 Å². The number of H-pyrrole nitrogens is 1. The van der Waals surface area contributed by atoms with E-state index in [0.717, 1.165) is 29.1 Å². The summed E-state index contributed by atoms with van der Waals surface area (Å²) in [4.78, 5) is 7.76. The van der Waals surface area contributed by atoms with Crippen LogP contribution in [0.5, 0.6) is 0 Å². The van der Waals surface area contributed by atoms with Gasteiger partial charge < -0.3 is 9.40 Å². The summed E-state index contributed by atoms with van der Waals surface area (Å²) in [6.07, 6.45) is -4.40. The van der Waals surface area contributed by atoms with Gasteiger partial charge >= 0.3 is 6.18 Å². The maximum atomic E-state index is 13.0. The Bertz CT molecular complexity index is 1120. The van der Waals surface area contributed by atoms with E-state index in [0.29, 0.717) is 28.5 Å². The minimum atomic E-state index is -4.40. The van der Waals surface area contributed by atoms with E-state index in [2.05, 4.69) is 9.97 Å². The monoisotopic (exact) mass is 382 g/mol. The highest BCUT2D eigenvalue weighted by Crippen LogP contribution is 2.36. The van der Waals surface area contributed by atoms with Gasteiger partial charge in [0.1, 0.15) is 5.76 Å². The highest BCUT2D eigenvalue weighted by atomic mass is 19.4. The number of aryl methyl sites for hydroxylation is 2. The number of nitrogens with zero attached hydrogens (tertiary/aromatic N) is 1. The van der Waals surface area contributed by atoms with Gasteiger partial charge in [0.05, 0.1) is 17.0 Å². The number of hydrogen-bond acceptors (Lipinski definition) is 2. The first-order valence-corrected chi connectivity index (χ1v) is 8.73. The third-order valence-electron chi connectivity index (χ3n) is 4.62. The van der Waals surface area contributed by atoms with Crippen LogP contribution in [-0.2, 0) is 6.18 Å². The number of furan rings is 1. The van der Waals surface area contributed by atoms with Crippen LogP contribution in [-0.4, -0.2) is 9.97 Å². The summed E-state index contributed by atoms with van der Waals surface area (Å²) in [5.41, 5.74) is 3.10. The molecule has 0 aliphatic heterocycles. The molecule has 4 aromatic rings. The van der Waals surface area contributed by atoms with Crippen LogP contribution in [0.3, 0.4) is 0 Å². The standard InChI is InChI=1S/C22H17F3N2O/c1-13-8-9-16(22(23,24)25)12-17(13)18-10-11-19(28-18)21-26-14(2)20(27-21)15-6-4-3-5-7-15/h3-12H,1-2H3,(H,26,27). The van der Waals surface area contributed by atoms with Crippen molar-refractivity contribution in [1.82, 2.24) is 9.97 Å². The van der Waals surface area contributed by atoms with Crippen LogP contribution in [0.1, 0.15) is 16.8 Å². The van der Waals surface area contributed by atoms with Crippen LogP contribution in [0, 0.1) is 13.8 Å². The van der Waals surface area contributed by atoms with Crippen LogP contribution in [0.15, 0.2) is 65.1 Å². The molecule has 2 aromatic carbocycles. The molecule has 0 aliphatic rings. The third-order valence-corrected chi connectivity index (χ3v) is 4.62. The van der Waals surface area contributed by atoms with Gasteiger partial charge in [-0.2, -0.15) is 13.2 Å². The number of aromatic nitrogens is 2. The number of nitrogens with one attached hydrogen (secondary N) is 1. The van der Waals surface area contributed by atoms with Crippen LogP contribution in [0.2, 0.25) is 0 Å². The summed E-state index contributed by atoms with van der Waals surface area (Å²) in [5.74, 6) is 1.37. The van der Waals surface area contributed by atoms with E-state index < -0.39 is 11.7 Å². The second kappa shape index (κ2) is 6.71. The van der Waals surface area contributed by atoms with Gasteiger partial charge in [0.2, 0.25) is 0 Å². The van der Waals surface area contributed by atoms with E-state index in [1.165, 1.54) is 6.07 Å². The fraction of sp³-hybridized carbons (Fsp3) is 0.136. The quantitative estimate of drug-likeness (QED) is 0.432. The molecule has 2 aromatic heterocycles. The molecule has 6 heteroatoms. The molecule has 0 saturated carbocycles. The second-order valence-corrected chi connectivity index (χ2v) is 6.60. The number of aromatic amines is 1. The molecule has 142 valence electrons. The Morgan fingerprint density at radius 3 is 2.32 bits per heavy atom. The number of hydrogen-bond donors (Lipinski definition) is 1. The molecule has 0 unspecified atom stereocenters. The first kappa shape index (κ1) is 18.1. The molecule has 0 spiro atoms. The topological polar surface area (TPSA) is 41.8 Å². The second-order valence-electron chi connectivity index (χ2n) is 6.60. The molecule has 0 atom stereocenters. The largest absolute Gasteiger partial charge is 0.453 e. The lowest BCUT2D eigenvalue weighted by Gasteiger charge is -2.09. The van der Waals surface area contributed by atoms with Gasteiger partial charge in [0.15, 0.2) is 11.6 Å². The van der Waals surface area contributed by atoms with Gasteiger partial charge in [-0.25, -0.2) is 4.98 Å². The third kappa shape index (κ3) is 3.33. The summed E-state index contributed by atoms with van der Waals surface area (Å²) in [6.45, 7) is 3.64. The lowest BCUT2D eigenvalue weighted by atomic mass is 10.0. The number of halogens is 3. The molecule has 2 heterocycles. The Hall–Kier alpha value is -3.28. The van der Waals surface area contributed by atoms with Crippen molar-refractivity contribution in [2.24, 2.45) is 0 Å². The van der Waals surface area contributed by atoms with Gasteiger partial charge in [0.25, 0.3) is 0 Å². The van der Waals surface area contributed by atoms with E-state index in [9.17, 15) is 13.2 Å². The van der Waals surface area contributed by atoms with Crippen molar-refractivity contribution in [3.8, 4) is 34.2 Å². The molecule has 28 heavy (non-hydrogen) atoms. The average Bonchev–Trinajstić information content (AvgIpc) is 3.29. The Labute approximate surface area is 159 Å². The zero-order chi connectivity index (χ0) is 19.9. The van der Waals surface area contributed by atoms with Crippen LogP contribution >= 0.6 is 0 Å². The predicted octanol–water partition coefficient (Wildman–Crippen LogP) is 6.64. The fourth-order valence-electron chi connectivity index (χ4n) is 3.14. The number of rotatable bonds is 3. The van der Waals surface area contributed by atoms with Crippen molar-refractivity contribution in [2.75, 3.05) is 0 Å². The maximum Gasteiger partial charge on any atom is 0.416 e. The summed E-state index contributed by atoms with van der Waals surface area (Å²) in [6, 6.07) is 16.8. The highest BCUT2D eigenvalue weighted by Gasteiger charge is 2.31. The molecule has 1 N–H and O–H groups in total. The van der Waals surface area contributed by atoms with Gasteiger partial charge in [-0.15, -0.1) is 0 Å². The van der Waals surface area contributed by atoms with Crippen molar-refractivity contribution < 1.29 is 17.6 Å². The van der Waals surface area contributed by atoms with Crippen LogP contribution in [0.25, 0.3) is 34.2 Å². The maximum absolute atomic E-state index is 13.0. The van der Waals surface area contributed by atoms with Gasteiger partial charge in [0, 0.05) is 5.56 Å². The normalized spacial score (nSPS) is 11.8. The smallest absolute Gasteiger partial charge is 0.416 e. The Kier molecular flexibility index (Phi) is 4.34. The zero-order valence-corrected chi connectivity index (χ0v) is 15.3. The molecule has 0 bridgehead atoms. The Morgan fingerprint density at radius 2 is 1.61 bits per heavy atom. The molecule has 0 amide bonds. The molecule has 4 rings (SSSR count). The zero-order valence-electron chi connectivity index (χ0n) is 15.3. The van der Waals surface area contributed by atoms with E-state index in [1.807, 2.05) is 37.3 Å². The highest BCUT2D eigenvalue weighted by molar-refractivity contribution is 5.68. The van der Waals surface area contributed by atoms with Gasteiger partial charge in [-0.3, -0.25) is 0 Å². The van der Waals surface area contributed by atoms with E-state index >= 15 is 0 Å². The number of imidazole rings is 1. The lowest BCUT2D eigenvalue weighted by Crippen LogP contribution is -2.05. The SMILES string of the molecule is Cc1ccc(C(F)(F)F)cc1-c1ccc(-c2nc(C)c(-c3ccccc3)[nH]2)o1. The van der Waals surface area contributed by atoms with Crippen molar-refractivity contribution in [2.45, 2.75) is 20.0 Å². The summed E-state index contributed by atoms with van der Waals surface area (Å²) in [5, 5.41) is 0. The number of alkyl halides is 3. The first-order valence-electron chi connectivity index (χ1n) is 8.73. The minimum absolute atomic E-state index is 0.369. The average molecular weight is 382 g/mol. The molecule has 0 fully saturated rings. The van der Waals surface area contributed by atoms with Crippen molar-refractivity contribution in [1.29, 1.82) is 0 Å². The first-order chi connectivity index (χ1) is 13.3. The van der Waals surface area contributed by atoms with Gasteiger partial charge in [-0.1, -0.05) is 36.4 Å². The van der Waals surface area contributed by atoms with E-state index in [1.54, 1.807) is 19.1 Å². The molecule has 0 aliphatic carbocycles. The predicted molar refractivity (Wildman–Crippen MR) is 102 cm³/mol. The van der Waals surface area contributed by atoms with Crippen LogP contribution < -0.4 is 0 Å². The molecular formula is C22H17F3N2O. The number of benzene rings is 2. The summed E-state index contributed by atoms with van der Waals surface area (Å²) >= 11 is 0. The van der Waals surface area contributed by atoms with E-state index in [-0.39, 0.29) is 0 Å². The van der Waals surface area contributed by atoms with Crippen molar-refractivity contribution >= 4 is 0 Å². The molecule has 0 radical (unpaired) electrons. The van der Waals surface area contributed by atoms with Crippen molar-refractivity contribution in [3.63, 3.8) is 0 Å².